The zero-order chi connectivity index (χ0) is 15.9. The Hall–Kier alpha value is -1.24. The molecule has 0 aliphatic rings. The summed E-state index contributed by atoms with van der Waals surface area (Å²) in [5.74, 6) is -0.104. The van der Waals surface area contributed by atoms with Crippen molar-refractivity contribution in [2.24, 2.45) is 5.92 Å². The zero-order valence-electron chi connectivity index (χ0n) is 12.8. The van der Waals surface area contributed by atoms with Crippen LogP contribution in [0.2, 0.25) is 0 Å². The predicted octanol–water partition coefficient (Wildman–Crippen LogP) is 2.23. The number of carbonyl (C=O) groups excluding carboxylic acids is 1. The lowest BCUT2D eigenvalue weighted by Crippen LogP contribution is -2.25. The maximum absolute atomic E-state index is 12.0. The molecule has 6 heteroatoms. The Morgan fingerprint density at radius 2 is 1.86 bits per heavy atom. The van der Waals surface area contributed by atoms with Gasteiger partial charge in [0, 0.05) is 31.2 Å². The monoisotopic (exact) mass is 313 g/mol. The smallest absolute Gasteiger partial charge is 0.240 e. The summed E-state index contributed by atoms with van der Waals surface area (Å²) in [6, 6.07) is 6.02. The number of ether oxygens (including phenoxy) is 1. The number of ketones is 1. The summed E-state index contributed by atoms with van der Waals surface area (Å²) in [5, 5.41) is 0. The third kappa shape index (κ3) is 5.57. The molecule has 0 saturated carbocycles. The van der Waals surface area contributed by atoms with Gasteiger partial charge >= 0.3 is 0 Å². The summed E-state index contributed by atoms with van der Waals surface area (Å²) in [6.45, 7) is 7.00. The number of hydrogen-bond acceptors (Lipinski definition) is 4. The van der Waals surface area contributed by atoms with E-state index in [0.717, 1.165) is 0 Å². The Balaban J connectivity index is 2.65. The largest absolute Gasteiger partial charge is 0.382 e. The van der Waals surface area contributed by atoms with E-state index in [1.165, 1.54) is 12.1 Å². The number of carbonyl (C=O) groups is 1. The molecule has 118 valence electrons. The van der Waals surface area contributed by atoms with E-state index in [1.807, 2.05) is 20.8 Å². The minimum Gasteiger partial charge on any atom is -0.382 e. The first-order valence-electron chi connectivity index (χ1n) is 7.10. The van der Waals surface area contributed by atoms with Crippen LogP contribution in [0.4, 0.5) is 0 Å². The van der Waals surface area contributed by atoms with Gasteiger partial charge < -0.3 is 4.74 Å². The van der Waals surface area contributed by atoms with Gasteiger partial charge in [-0.1, -0.05) is 26.0 Å². The molecule has 1 aromatic carbocycles. The zero-order valence-corrected chi connectivity index (χ0v) is 13.6. The highest BCUT2D eigenvalue weighted by Gasteiger charge is 2.15. The lowest BCUT2D eigenvalue weighted by molar-refractivity contribution is 0.0939. The van der Waals surface area contributed by atoms with E-state index >= 15 is 0 Å². The maximum atomic E-state index is 12.0. The molecule has 0 atom stereocenters. The number of sulfonamides is 1. The van der Waals surface area contributed by atoms with Gasteiger partial charge in [-0.25, -0.2) is 13.1 Å². The van der Waals surface area contributed by atoms with Gasteiger partial charge in [-0.15, -0.1) is 0 Å². The van der Waals surface area contributed by atoms with Crippen LogP contribution in [0.5, 0.6) is 0 Å². The molecule has 1 N–H and O–H groups in total. The number of nitrogens with one attached hydrogen (secondary N) is 1. The molecular formula is C15H23NO4S. The lowest BCUT2D eigenvalue weighted by atomic mass is 10.0. The minimum atomic E-state index is -3.53. The molecule has 5 nitrogen and oxygen atoms in total. The molecule has 0 bridgehead atoms. The van der Waals surface area contributed by atoms with E-state index in [2.05, 4.69) is 4.72 Å². The maximum Gasteiger partial charge on any atom is 0.240 e. The van der Waals surface area contributed by atoms with Gasteiger partial charge in [0.05, 0.1) is 4.90 Å². The molecular weight excluding hydrogens is 290 g/mol. The van der Waals surface area contributed by atoms with E-state index < -0.39 is 10.0 Å². The Morgan fingerprint density at radius 1 is 1.24 bits per heavy atom. The summed E-state index contributed by atoms with van der Waals surface area (Å²) >= 11 is 0. The normalized spacial score (nSPS) is 11.8. The first-order valence-corrected chi connectivity index (χ1v) is 8.58. The van der Waals surface area contributed by atoms with Crippen molar-refractivity contribution < 1.29 is 17.9 Å². The topological polar surface area (TPSA) is 72.5 Å². The number of hydrogen-bond donors (Lipinski definition) is 1. The molecule has 0 amide bonds. The molecule has 21 heavy (non-hydrogen) atoms. The van der Waals surface area contributed by atoms with Crippen LogP contribution in [-0.2, 0) is 14.8 Å². The molecule has 0 heterocycles. The average molecular weight is 313 g/mol. The average Bonchev–Trinajstić information content (AvgIpc) is 2.46. The standard InChI is InChI=1S/C15H23NO4S/c1-4-20-11-5-10-16-21(18,19)14-8-6-13(7-9-14)15(17)12(2)3/h6-9,12,16H,4-5,10-11H2,1-3H3. The first-order chi connectivity index (χ1) is 9.88. The van der Waals surface area contributed by atoms with Crippen LogP contribution in [0.25, 0.3) is 0 Å². The highest BCUT2D eigenvalue weighted by atomic mass is 32.2. The third-order valence-electron chi connectivity index (χ3n) is 2.94. The summed E-state index contributed by atoms with van der Waals surface area (Å²) in [5.41, 5.74) is 0.528. The highest BCUT2D eigenvalue weighted by molar-refractivity contribution is 7.89. The van der Waals surface area contributed by atoms with Crippen molar-refractivity contribution in [3.05, 3.63) is 29.8 Å². The van der Waals surface area contributed by atoms with Crippen LogP contribution >= 0.6 is 0 Å². The summed E-state index contributed by atoms with van der Waals surface area (Å²) in [4.78, 5) is 12.0. The van der Waals surface area contributed by atoms with Crippen molar-refractivity contribution in [1.82, 2.24) is 4.72 Å². The highest BCUT2D eigenvalue weighted by Crippen LogP contribution is 2.13. The van der Waals surface area contributed by atoms with Gasteiger partial charge in [0.1, 0.15) is 0 Å². The first kappa shape index (κ1) is 17.8. The SMILES string of the molecule is CCOCCCNS(=O)(=O)c1ccc(C(=O)C(C)C)cc1. The van der Waals surface area contributed by atoms with Crippen molar-refractivity contribution >= 4 is 15.8 Å². The van der Waals surface area contributed by atoms with Gasteiger partial charge in [0.25, 0.3) is 0 Å². The molecule has 0 aliphatic heterocycles. The van der Waals surface area contributed by atoms with E-state index in [9.17, 15) is 13.2 Å². The van der Waals surface area contributed by atoms with E-state index in [1.54, 1.807) is 12.1 Å². The number of benzene rings is 1. The Labute approximate surface area is 126 Å². The fraction of sp³-hybridized carbons (Fsp3) is 0.533. The van der Waals surface area contributed by atoms with Gasteiger partial charge in [-0.2, -0.15) is 0 Å². The van der Waals surface area contributed by atoms with Crippen molar-refractivity contribution in [2.45, 2.75) is 32.1 Å². The predicted molar refractivity (Wildman–Crippen MR) is 81.9 cm³/mol. The summed E-state index contributed by atoms with van der Waals surface area (Å²) in [6.07, 6.45) is 0.622. The fourth-order valence-corrected chi connectivity index (χ4v) is 2.81. The molecule has 0 aliphatic carbocycles. The van der Waals surface area contributed by atoms with E-state index in [4.69, 9.17) is 4.74 Å². The quantitative estimate of drug-likeness (QED) is 0.560. The van der Waals surface area contributed by atoms with Gasteiger partial charge in [0.15, 0.2) is 5.78 Å². The minimum absolute atomic E-state index is 0.00335. The van der Waals surface area contributed by atoms with E-state index in [0.29, 0.717) is 31.7 Å². The van der Waals surface area contributed by atoms with Gasteiger partial charge in [-0.05, 0) is 25.5 Å². The van der Waals surface area contributed by atoms with Crippen LogP contribution in [0.1, 0.15) is 37.6 Å². The molecule has 0 spiro atoms. The Bertz CT molecular complexity index is 550. The van der Waals surface area contributed by atoms with Crippen LogP contribution in [0, 0.1) is 5.92 Å². The molecule has 0 aromatic heterocycles. The second kappa shape index (κ2) is 8.26. The third-order valence-corrected chi connectivity index (χ3v) is 4.41. The van der Waals surface area contributed by atoms with Crippen LogP contribution in [0.15, 0.2) is 29.2 Å². The van der Waals surface area contributed by atoms with Crippen LogP contribution < -0.4 is 4.72 Å². The second-order valence-electron chi connectivity index (χ2n) is 4.99. The molecule has 0 unspecified atom stereocenters. The van der Waals surface area contributed by atoms with Crippen molar-refractivity contribution in [1.29, 1.82) is 0 Å². The number of Topliss-reactive ketones (excluding diaryl/α,β-unsaturated/α-hetero) is 1. The van der Waals surface area contributed by atoms with Crippen LogP contribution in [0.3, 0.4) is 0 Å². The summed E-state index contributed by atoms with van der Waals surface area (Å²) < 4.78 is 31.7. The van der Waals surface area contributed by atoms with Crippen molar-refractivity contribution in [2.75, 3.05) is 19.8 Å². The lowest BCUT2D eigenvalue weighted by Gasteiger charge is -2.08. The second-order valence-corrected chi connectivity index (χ2v) is 6.76. The Kier molecular flexibility index (Phi) is 7.01. The molecule has 0 fully saturated rings. The molecule has 1 rings (SSSR count). The van der Waals surface area contributed by atoms with E-state index in [-0.39, 0.29) is 16.6 Å². The van der Waals surface area contributed by atoms with Gasteiger partial charge in [0.2, 0.25) is 10.0 Å². The number of rotatable bonds is 9. The molecule has 0 radical (unpaired) electrons. The molecule has 0 saturated heterocycles. The van der Waals surface area contributed by atoms with Crippen molar-refractivity contribution in [3.63, 3.8) is 0 Å². The Morgan fingerprint density at radius 3 is 2.38 bits per heavy atom. The molecule has 1 aromatic rings. The van der Waals surface area contributed by atoms with Gasteiger partial charge in [-0.3, -0.25) is 4.79 Å². The van der Waals surface area contributed by atoms with Crippen LogP contribution in [-0.4, -0.2) is 34.0 Å². The summed E-state index contributed by atoms with van der Waals surface area (Å²) in [7, 11) is -3.53. The fourth-order valence-electron chi connectivity index (χ4n) is 1.74. The van der Waals surface area contributed by atoms with Crippen molar-refractivity contribution in [3.8, 4) is 0 Å².